The molecule has 3 heteroatoms. The second kappa shape index (κ2) is 11.2. The first kappa shape index (κ1) is 20.9. The Labute approximate surface area is 172 Å². The van der Waals surface area contributed by atoms with Crippen LogP contribution in [0.15, 0.2) is 47.3 Å². The number of hydrogen-bond donors (Lipinski definition) is 0. The molecule has 3 rings (SSSR count). The minimum atomic E-state index is 0.105. The molecule has 1 aromatic heterocycles. The fraction of sp³-hybridized carbons (Fsp3) is 0.480. The molecule has 0 N–H and O–H groups in total. The molecule has 0 fully saturated rings. The van der Waals surface area contributed by atoms with E-state index in [0.717, 1.165) is 38.9 Å². The summed E-state index contributed by atoms with van der Waals surface area (Å²) in [6.45, 7) is 2.99. The second-order valence-corrected chi connectivity index (χ2v) is 8.64. The average Bonchev–Trinajstić information content (AvgIpc) is 2.72. The third-order valence-corrected chi connectivity index (χ3v) is 6.52. The van der Waals surface area contributed by atoms with E-state index in [1.54, 1.807) is 11.3 Å². The van der Waals surface area contributed by atoms with Gasteiger partial charge in [-0.15, -0.1) is 11.3 Å². The Morgan fingerprint density at radius 2 is 1.39 bits per heavy atom. The molecule has 0 radical (unpaired) electrons. The Kier molecular flexibility index (Phi) is 8.35. The van der Waals surface area contributed by atoms with Crippen LogP contribution in [0.5, 0.6) is 5.75 Å². The van der Waals surface area contributed by atoms with E-state index >= 15 is 0 Å². The lowest BCUT2D eigenvalue weighted by Crippen LogP contribution is -2.03. The van der Waals surface area contributed by atoms with E-state index < -0.39 is 0 Å². The van der Waals surface area contributed by atoms with Gasteiger partial charge in [-0.2, -0.15) is 0 Å². The molecule has 0 atom stereocenters. The van der Waals surface area contributed by atoms with Gasteiger partial charge < -0.3 is 4.74 Å². The predicted octanol–water partition coefficient (Wildman–Crippen LogP) is 7.71. The molecule has 2 nitrogen and oxygen atoms in total. The molecule has 0 bridgehead atoms. The third-order valence-electron chi connectivity index (χ3n) is 5.32. The van der Waals surface area contributed by atoms with Gasteiger partial charge in [0.05, 0.1) is 11.3 Å². The van der Waals surface area contributed by atoms with Crippen LogP contribution in [-0.4, -0.2) is 6.61 Å². The van der Waals surface area contributed by atoms with Crippen LogP contribution >= 0.6 is 11.3 Å². The van der Waals surface area contributed by atoms with Crippen LogP contribution in [0.3, 0.4) is 0 Å². The number of rotatable bonds is 12. The number of fused-ring (bicyclic) bond motifs is 2. The number of unbranched alkanes of at least 4 members (excludes halogenated alkanes) is 9. The Morgan fingerprint density at radius 1 is 0.750 bits per heavy atom. The molecular formula is C25H32O2S. The smallest absolute Gasteiger partial charge is 0.196 e. The Bertz CT molecular complexity index is 929. The lowest BCUT2D eigenvalue weighted by Gasteiger charge is -2.09. The first-order chi connectivity index (χ1) is 13.8. The fourth-order valence-electron chi connectivity index (χ4n) is 3.68. The largest absolute Gasteiger partial charge is 0.492 e. The van der Waals surface area contributed by atoms with Crippen molar-refractivity contribution >= 4 is 31.5 Å². The third kappa shape index (κ3) is 5.57. The molecule has 150 valence electrons. The van der Waals surface area contributed by atoms with Crippen molar-refractivity contribution in [3.8, 4) is 5.75 Å². The van der Waals surface area contributed by atoms with Gasteiger partial charge in [0.2, 0.25) is 0 Å². The van der Waals surface area contributed by atoms with E-state index in [4.69, 9.17) is 4.74 Å². The molecule has 3 aromatic rings. The SMILES string of the molecule is CCCCCCCCCCCCOc1cccc2c(=O)c3ccccc3sc12. The van der Waals surface area contributed by atoms with Crippen molar-refractivity contribution in [2.45, 2.75) is 71.1 Å². The number of ether oxygens (including phenoxy) is 1. The van der Waals surface area contributed by atoms with Gasteiger partial charge in [0, 0.05) is 15.5 Å². The molecule has 0 amide bonds. The van der Waals surface area contributed by atoms with Crippen molar-refractivity contribution in [3.05, 3.63) is 52.7 Å². The minimum absolute atomic E-state index is 0.105. The Hall–Kier alpha value is -1.87. The highest BCUT2D eigenvalue weighted by molar-refractivity contribution is 7.24. The van der Waals surface area contributed by atoms with Gasteiger partial charge in [0.15, 0.2) is 5.43 Å². The van der Waals surface area contributed by atoms with Crippen LogP contribution in [0.4, 0.5) is 0 Å². The fourth-order valence-corrected chi connectivity index (χ4v) is 4.82. The van der Waals surface area contributed by atoms with Gasteiger partial charge in [0.25, 0.3) is 0 Å². The second-order valence-electron chi connectivity index (χ2n) is 7.59. The van der Waals surface area contributed by atoms with Gasteiger partial charge >= 0.3 is 0 Å². The van der Waals surface area contributed by atoms with Gasteiger partial charge in [0.1, 0.15) is 5.75 Å². The standard InChI is InChI=1S/C25H32O2S/c1-2-3-4-5-6-7-8-9-10-13-19-27-22-17-14-16-21-24(26)20-15-11-12-18-23(20)28-25(21)22/h11-12,14-18H,2-10,13,19H2,1H3. The summed E-state index contributed by atoms with van der Waals surface area (Å²) in [5, 5.41) is 1.57. The summed E-state index contributed by atoms with van der Waals surface area (Å²) in [6.07, 6.45) is 13.2. The highest BCUT2D eigenvalue weighted by atomic mass is 32.1. The van der Waals surface area contributed by atoms with Crippen molar-refractivity contribution < 1.29 is 4.74 Å². The van der Waals surface area contributed by atoms with E-state index in [9.17, 15) is 4.79 Å². The van der Waals surface area contributed by atoms with Gasteiger partial charge in [-0.1, -0.05) is 82.9 Å². The van der Waals surface area contributed by atoms with Crippen LogP contribution < -0.4 is 10.2 Å². The van der Waals surface area contributed by atoms with Crippen LogP contribution in [0.1, 0.15) is 71.1 Å². The maximum Gasteiger partial charge on any atom is 0.196 e. The molecule has 0 aliphatic carbocycles. The highest BCUT2D eigenvalue weighted by Gasteiger charge is 2.09. The maximum atomic E-state index is 12.8. The molecule has 1 heterocycles. The lowest BCUT2D eigenvalue weighted by molar-refractivity contribution is 0.308. The van der Waals surface area contributed by atoms with Crippen molar-refractivity contribution in [1.82, 2.24) is 0 Å². The molecule has 28 heavy (non-hydrogen) atoms. The molecular weight excluding hydrogens is 364 g/mol. The molecule has 0 saturated heterocycles. The quantitative estimate of drug-likeness (QED) is 0.231. The van der Waals surface area contributed by atoms with Crippen molar-refractivity contribution in [1.29, 1.82) is 0 Å². The Morgan fingerprint density at radius 3 is 2.14 bits per heavy atom. The maximum absolute atomic E-state index is 12.8. The summed E-state index contributed by atoms with van der Waals surface area (Å²) in [4.78, 5) is 12.8. The normalized spacial score (nSPS) is 11.3. The topological polar surface area (TPSA) is 26.3 Å². The molecule has 0 aliphatic heterocycles. The Balaban J connectivity index is 1.47. The van der Waals surface area contributed by atoms with Crippen LogP contribution in [0, 0.1) is 0 Å². The summed E-state index contributed by atoms with van der Waals surface area (Å²) >= 11 is 1.65. The van der Waals surface area contributed by atoms with Crippen molar-refractivity contribution in [2.75, 3.05) is 6.61 Å². The number of benzene rings is 2. The summed E-state index contributed by atoms with van der Waals surface area (Å²) in [5.41, 5.74) is 0.105. The van der Waals surface area contributed by atoms with E-state index in [0.29, 0.717) is 0 Å². The summed E-state index contributed by atoms with van der Waals surface area (Å²) in [7, 11) is 0. The zero-order valence-corrected chi connectivity index (χ0v) is 17.9. The monoisotopic (exact) mass is 396 g/mol. The summed E-state index contributed by atoms with van der Waals surface area (Å²) in [5.74, 6) is 0.848. The minimum Gasteiger partial charge on any atom is -0.492 e. The average molecular weight is 397 g/mol. The summed E-state index contributed by atoms with van der Waals surface area (Å²) < 4.78 is 8.06. The first-order valence-corrected chi connectivity index (χ1v) is 11.7. The van der Waals surface area contributed by atoms with Crippen LogP contribution in [0.2, 0.25) is 0 Å². The van der Waals surface area contributed by atoms with E-state index in [2.05, 4.69) is 6.92 Å². The zero-order chi connectivity index (χ0) is 19.6. The molecule has 0 saturated carbocycles. The molecule has 2 aromatic carbocycles. The molecule has 0 aliphatic rings. The molecule has 0 spiro atoms. The van der Waals surface area contributed by atoms with Crippen molar-refractivity contribution in [3.63, 3.8) is 0 Å². The number of hydrogen-bond acceptors (Lipinski definition) is 3. The van der Waals surface area contributed by atoms with Gasteiger partial charge in [-0.25, -0.2) is 0 Å². The van der Waals surface area contributed by atoms with E-state index in [1.807, 2.05) is 42.5 Å². The summed E-state index contributed by atoms with van der Waals surface area (Å²) in [6, 6.07) is 13.7. The van der Waals surface area contributed by atoms with E-state index in [-0.39, 0.29) is 5.43 Å². The van der Waals surface area contributed by atoms with Crippen LogP contribution in [-0.2, 0) is 0 Å². The van der Waals surface area contributed by atoms with E-state index in [1.165, 1.54) is 57.8 Å². The van der Waals surface area contributed by atoms with Crippen LogP contribution in [0.25, 0.3) is 20.2 Å². The zero-order valence-electron chi connectivity index (χ0n) is 17.0. The predicted molar refractivity (Wildman–Crippen MR) is 123 cm³/mol. The van der Waals surface area contributed by atoms with Gasteiger partial charge in [-0.05, 0) is 30.7 Å². The lowest BCUT2D eigenvalue weighted by atomic mass is 10.1. The van der Waals surface area contributed by atoms with Gasteiger partial charge in [-0.3, -0.25) is 4.79 Å². The first-order valence-electron chi connectivity index (χ1n) is 10.9. The molecule has 0 unspecified atom stereocenters. The highest BCUT2D eigenvalue weighted by Crippen LogP contribution is 2.32. The van der Waals surface area contributed by atoms with Crippen molar-refractivity contribution in [2.24, 2.45) is 0 Å².